The van der Waals surface area contributed by atoms with Gasteiger partial charge in [-0.1, -0.05) is 6.07 Å². The first-order valence-electron chi connectivity index (χ1n) is 6.84. The van der Waals surface area contributed by atoms with Gasteiger partial charge in [0.1, 0.15) is 5.82 Å². The lowest BCUT2D eigenvalue weighted by atomic mass is 10.0. The SMILES string of the molecule is COC1CC2CCC(C1)N2S(=O)(=O)c1cccc(F)c1. The van der Waals surface area contributed by atoms with Crippen LogP contribution in [-0.2, 0) is 14.8 Å². The van der Waals surface area contributed by atoms with Crippen LogP contribution in [0, 0.1) is 5.82 Å². The number of nitrogens with zero attached hydrogens (tertiary/aromatic N) is 1. The summed E-state index contributed by atoms with van der Waals surface area (Å²) in [7, 11) is -1.95. The van der Waals surface area contributed by atoms with E-state index in [0.717, 1.165) is 31.7 Å². The Balaban J connectivity index is 1.93. The van der Waals surface area contributed by atoms with Gasteiger partial charge < -0.3 is 4.74 Å². The standard InChI is InChI=1S/C14H18FNO3S/c1-19-13-8-11-5-6-12(9-13)16(11)20(17,18)14-4-2-3-10(15)7-14/h2-4,7,11-13H,5-6,8-9H2,1H3. The van der Waals surface area contributed by atoms with Crippen LogP contribution in [0.5, 0.6) is 0 Å². The molecule has 2 fully saturated rings. The highest BCUT2D eigenvalue weighted by Crippen LogP contribution is 2.40. The van der Waals surface area contributed by atoms with Gasteiger partial charge in [0, 0.05) is 19.2 Å². The highest BCUT2D eigenvalue weighted by Gasteiger charge is 2.47. The summed E-state index contributed by atoms with van der Waals surface area (Å²) in [6, 6.07) is 5.20. The lowest BCUT2D eigenvalue weighted by Gasteiger charge is -2.37. The number of rotatable bonds is 3. The molecule has 2 atom stereocenters. The van der Waals surface area contributed by atoms with Crippen LogP contribution in [0.3, 0.4) is 0 Å². The molecule has 20 heavy (non-hydrogen) atoms. The molecule has 0 N–H and O–H groups in total. The summed E-state index contributed by atoms with van der Waals surface area (Å²) in [5.41, 5.74) is 0. The minimum absolute atomic E-state index is 0.0213. The normalized spacial score (nSPS) is 30.6. The van der Waals surface area contributed by atoms with Crippen LogP contribution >= 0.6 is 0 Å². The number of hydrogen-bond acceptors (Lipinski definition) is 3. The average Bonchev–Trinajstić information content (AvgIpc) is 2.71. The van der Waals surface area contributed by atoms with Crippen molar-refractivity contribution in [1.82, 2.24) is 4.31 Å². The van der Waals surface area contributed by atoms with Gasteiger partial charge in [0.2, 0.25) is 10.0 Å². The first-order chi connectivity index (χ1) is 9.52. The van der Waals surface area contributed by atoms with E-state index in [-0.39, 0.29) is 23.1 Å². The Morgan fingerprint density at radius 1 is 1.25 bits per heavy atom. The van der Waals surface area contributed by atoms with E-state index < -0.39 is 15.8 Å². The predicted octanol–water partition coefficient (Wildman–Crippen LogP) is 2.16. The summed E-state index contributed by atoms with van der Waals surface area (Å²) in [4.78, 5) is 0.0465. The molecule has 0 radical (unpaired) electrons. The quantitative estimate of drug-likeness (QED) is 0.859. The van der Waals surface area contributed by atoms with Crippen molar-refractivity contribution < 1.29 is 17.5 Å². The Morgan fingerprint density at radius 2 is 1.90 bits per heavy atom. The molecular formula is C14H18FNO3S. The Kier molecular flexibility index (Phi) is 3.56. The van der Waals surface area contributed by atoms with Crippen molar-refractivity contribution in [2.75, 3.05) is 7.11 Å². The molecule has 1 aromatic carbocycles. The van der Waals surface area contributed by atoms with E-state index in [9.17, 15) is 12.8 Å². The Labute approximate surface area is 118 Å². The molecule has 2 aliphatic heterocycles. The Morgan fingerprint density at radius 3 is 2.45 bits per heavy atom. The van der Waals surface area contributed by atoms with E-state index in [4.69, 9.17) is 4.74 Å². The second kappa shape index (κ2) is 5.09. The molecule has 3 rings (SSSR count). The van der Waals surface area contributed by atoms with Crippen LogP contribution in [0.2, 0.25) is 0 Å². The predicted molar refractivity (Wildman–Crippen MR) is 72.3 cm³/mol. The highest BCUT2D eigenvalue weighted by molar-refractivity contribution is 7.89. The van der Waals surface area contributed by atoms with Crippen molar-refractivity contribution >= 4 is 10.0 Å². The van der Waals surface area contributed by atoms with E-state index in [1.807, 2.05) is 0 Å². The molecule has 2 saturated heterocycles. The number of hydrogen-bond donors (Lipinski definition) is 0. The fraction of sp³-hybridized carbons (Fsp3) is 0.571. The zero-order chi connectivity index (χ0) is 14.3. The van der Waals surface area contributed by atoms with E-state index in [2.05, 4.69) is 0 Å². The van der Waals surface area contributed by atoms with Crippen LogP contribution in [0.1, 0.15) is 25.7 Å². The Hall–Kier alpha value is -0.980. The number of sulfonamides is 1. The van der Waals surface area contributed by atoms with Crippen molar-refractivity contribution in [2.24, 2.45) is 0 Å². The van der Waals surface area contributed by atoms with Gasteiger partial charge in [-0.3, -0.25) is 0 Å². The zero-order valence-electron chi connectivity index (χ0n) is 11.3. The fourth-order valence-corrected chi connectivity index (χ4v) is 5.34. The molecule has 2 heterocycles. The maximum atomic E-state index is 13.3. The molecule has 2 bridgehead atoms. The molecule has 1 aromatic rings. The second-order valence-corrected chi connectivity index (χ2v) is 7.35. The van der Waals surface area contributed by atoms with Gasteiger partial charge in [-0.2, -0.15) is 4.31 Å². The van der Waals surface area contributed by atoms with Crippen LogP contribution in [0.4, 0.5) is 4.39 Å². The van der Waals surface area contributed by atoms with Crippen molar-refractivity contribution in [3.05, 3.63) is 30.1 Å². The summed E-state index contributed by atoms with van der Waals surface area (Å²) in [6.45, 7) is 0. The Bertz CT molecular complexity index is 590. The number of methoxy groups -OCH3 is 1. The summed E-state index contributed by atoms with van der Waals surface area (Å²) in [6.07, 6.45) is 3.30. The summed E-state index contributed by atoms with van der Waals surface area (Å²) in [5, 5.41) is 0. The molecular weight excluding hydrogens is 281 g/mol. The molecule has 2 aliphatic rings. The van der Waals surface area contributed by atoms with E-state index in [0.29, 0.717) is 0 Å². The third-order valence-corrected chi connectivity index (χ3v) is 6.33. The minimum Gasteiger partial charge on any atom is -0.381 e. The second-order valence-electron chi connectivity index (χ2n) is 5.51. The topological polar surface area (TPSA) is 46.6 Å². The van der Waals surface area contributed by atoms with Gasteiger partial charge in [0.25, 0.3) is 0 Å². The molecule has 0 saturated carbocycles. The van der Waals surface area contributed by atoms with Gasteiger partial charge in [0.15, 0.2) is 0 Å². The van der Waals surface area contributed by atoms with Crippen molar-refractivity contribution in [3.8, 4) is 0 Å². The molecule has 0 aromatic heterocycles. The van der Waals surface area contributed by atoms with Crippen LogP contribution in [0.15, 0.2) is 29.2 Å². The maximum Gasteiger partial charge on any atom is 0.243 e. The third-order valence-electron chi connectivity index (χ3n) is 4.33. The lowest BCUT2D eigenvalue weighted by Crippen LogP contribution is -2.48. The number of halogens is 1. The molecule has 0 spiro atoms. The lowest BCUT2D eigenvalue weighted by molar-refractivity contribution is 0.0349. The van der Waals surface area contributed by atoms with Gasteiger partial charge in [-0.15, -0.1) is 0 Å². The van der Waals surface area contributed by atoms with E-state index >= 15 is 0 Å². The van der Waals surface area contributed by atoms with Gasteiger partial charge in [-0.05, 0) is 43.9 Å². The van der Waals surface area contributed by atoms with Gasteiger partial charge in [0.05, 0.1) is 11.0 Å². The average molecular weight is 299 g/mol. The zero-order valence-corrected chi connectivity index (χ0v) is 12.1. The van der Waals surface area contributed by atoms with Crippen molar-refractivity contribution in [2.45, 2.75) is 48.8 Å². The van der Waals surface area contributed by atoms with Gasteiger partial charge >= 0.3 is 0 Å². The maximum absolute atomic E-state index is 13.3. The summed E-state index contributed by atoms with van der Waals surface area (Å²) < 4.78 is 45.7. The summed E-state index contributed by atoms with van der Waals surface area (Å²) >= 11 is 0. The molecule has 0 amide bonds. The number of fused-ring (bicyclic) bond motifs is 2. The van der Waals surface area contributed by atoms with E-state index in [1.54, 1.807) is 11.4 Å². The largest absolute Gasteiger partial charge is 0.381 e. The number of ether oxygens (including phenoxy) is 1. The van der Waals surface area contributed by atoms with Crippen LogP contribution < -0.4 is 0 Å². The molecule has 2 unspecified atom stereocenters. The van der Waals surface area contributed by atoms with Crippen LogP contribution in [-0.4, -0.2) is 38.0 Å². The monoisotopic (exact) mass is 299 g/mol. The molecule has 0 aliphatic carbocycles. The van der Waals surface area contributed by atoms with Crippen molar-refractivity contribution in [3.63, 3.8) is 0 Å². The smallest absolute Gasteiger partial charge is 0.243 e. The minimum atomic E-state index is -3.61. The van der Waals surface area contributed by atoms with Crippen molar-refractivity contribution in [1.29, 1.82) is 0 Å². The molecule has 6 heteroatoms. The van der Waals surface area contributed by atoms with Gasteiger partial charge in [-0.25, -0.2) is 12.8 Å². The first kappa shape index (κ1) is 14.0. The first-order valence-corrected chi connectivity index (χ1v) is 8.28. The number of benzene rings is 1. The third kappa shape index (κ3) is 2.25. The molecule has 4 nitrogen and oxygen atoms in total. The number of piperidine rings is 1. The fourth-order valence-electron chi connectivity index (χ4n) is 3.42. The highest BCUT2D eigenvalue weighted by atomic mass is 32.2. The summed E-state index contributed by atoms with van der Waals surface area (Å²) in [5.74, 6) is -0.523. The van der Waals surface area contributed by atoms with E-state index in [1.165, 1.54) is 18.2 Å². The van der Waals surface area contributed by atoms with Crippen LogP contribution in [0.25, 0.3) is 0 Å². The molecule has 110 valence electrons.